The van der Waals surface area contributed by atoms with Crippen LogP contribution in [0.3, 0.4) is 0 Å². The van der Waals surface area contributed by atoms with Crippen LogP contribution in [0.1, 0.15) is 18.7 Å². The van der Waals surface area contributed by atoms with Crippen molar-refractivity contribution < 1.29 is 13.5 Å². The fourth-order valence-corrected chi connectivity index (χ4v) is 1.96. The summed E-state index contributed by atoms with van der Waals surface area (Å²) in [6, 6.07) is 4.78. The van der Waals surface area contributed by atoms with Crippen LogP contribution in [0, 0.1) is 11.6 Å². The number of halogens is 2. The molecule has 0 saturated carbocycles. The van der Waals surface area contributed by atoms with Crippen LogP contribution in [0.4, 0.5) is 14.7 Å². The van der Waals surface area contributed by atoms with E-state index in [1.54, 1.807) is 13.0 Å². The molecule has 0 unspecified atom stereocenters. The third-order valence-electron chi connectivity index (χ3n) is 2.90. The minimum atomic E-state index is -0.773. The van der Waals surface area contributed by atoms with Crippen molar-refractivity contribution in [1.82, 2.24) is 19.6 Å². The lowest BCUT2D eigenvalue weighted by Crippen LogP contribution is -2.11. The molecule has 0 aliphatic carbocycles. The van der Waals surface area contributed by atoms with E-state index in [2.05, 4.69) is 15.1 Å². The topological polar surface area (TPSA) is 78.3 Å². The molecule has 0 aliphatic heterocycles. The van der Waals surface area contributed by atoms with Gasteiger partial charge in [-0.3, -0.25) is 0 Å². The predicted molar refractivity (Wildman–Crippen MR) is 70.6 cm³/mol. The molecule has 0 fully saturated rings. The highest BCUT2D eigenvalue weighted by atomic mass is 19.1. The van der Waals surface area contributed by atoms with Crippen LogP contribution in [0.25, 0.3) is 5.78 Å². The average Bonchev–Trinajstić information content (AvgIpc) is 2.81. The number of aromatic nitrogens is 4. The zero-order chi connectivity index (χ0) is 15.0. The van der Waals surface area contributed by atoms with Gasteiger partial charge >= 0.3 is 0 Å². The Morgan fingerprint density at radius 3 is 2.86 bits per heavy atom. The minimum absolute atomic E-state index is 0.0538. The Morgan fingerprint density at radius 2 is 2.10 bits per heavy atom. The lowest BCUT2D eigenvalue weighted by molar-refractivity contribution is 0.208. The number of nitrogens with zero attached hydrogens (tertiary/aromatic N) is 4. The first-order chi connectivity index (χ1) is 10.0. The molecule has 6 nitrogen and oxygen atoms in total. The molecule has 108 valence electrons. The van der Waals surface area contributed by atoms with Crippen molar-refractivity contribution in [3.63, 3.8) is 0 Å². The van der Waals surface area contributed by atoms with Gasteiger partial charge < -0.3 is 10.5 Å². The Bertz CT molecular complexity index is 804. The molecule has 8 heteroatoms. The van der Waals surface area contributed by atoms with Gasteiger partial charge in [-0.15, -0.1) is 5.10 Å². The van der Waals surface area contributed by atoms with Gasteiger partial charge in [0.25, 0.3) is 5.78 Å². The number of rotatable bonds is 3. The SMILES string of the molecule is C[C@H](Oc1ccc(F)cc1F)c1ccnc2nc(N)nn12. The van der Waals surface area contributed by atoms with Gasteiger partial charge in [0.1, 0.15) is 11.9 Å². The second-order valence-electron chi connectivity index (χ2n) is 4.39. The number of nitrogens with two attached hydrogens (primary N) is 1. The van der Waals surface area contributed by atoms with Crippen molar-refractivity contribution in [2.24, 2.45) is 0 Å². The molecule has 0 aliphatic rings. The molecule has 0 radical (unpaired) electrons. The highest BCUT2D eigenvalue weighted by Gasteiger charge is 2.16. The van der Waals surface area contributed by atoms with Crippen LogP contribution in [-0.2, 0) is 0 Å². The maximum Gasteiger partial charge on any atom is 0.254 e. The van der Waals surface area contributed by atoms with Crippen LogP contribution < -0.4 is 10.5 Å². The molecule has 3 rings (SSSR count). The lowest BCUT2D eigenvalue weighted by Gasteiger charge is -2.15. The average molecular weight is 291 g/mol. The number of benzene rings is 1. The van der Waals surface area contributed by atoms with Gasteiger partial charge in [-0.05, 0) is 25.1 Å². The van der Waals surface area contributed by atoms with E-state index in [1.165, 1.54) is 16.8 Å². The summed E-state index contributed by atoms with van der Waals surface area (Å²) in [5, 5.41) is 4.00. The number of anilines is 1. The highest BCUT2D eigenvalue weighted by molar-refractivity contribution is 5.35. The summed E-state index contributed by atoms with van der Waals surface area (Å²) in [4.78, 5) is 7.94. The Morgan fingerprint density at radius 1 is 1.29 bits per heavy atom. The van der Waals surface area contributed by atoms with E-state index in [1.807, 2.05) is 0 Å². The Kier molecular flexibility index (Phi) is 3.13. The lowest BCUT2D eigenvalue weighted by atomic mass is 10.2. The van der Waals surface area contributed by atoms with Gasteiger partial charge in [-0.25, -0.2) is 13.8 Å². The molecular formula is C13H11F2N5O. The summed E-state index contributed by atoms with van der Waals surface area (Å²) in [7, 11) is 0. The van der Waals surface area contributed by atoms with Gasteiger partial charge in [0, 0.05) is 12.3 Å². The largest absolute Gasteiger partial charge is 0.481 e. The van der Waals surface area contributed by atoms with Crippen molar-refractivity contribution in [2.75, 3.05) is 5.73 Å². The normalized spacial score (nSPS) is 12.5. The first kappa shape index (κ1) is 13.2. The Balaban J connectivity index is 1.95. The van der Waals surface area contributed by atoms with Crippen LogP contribution in [0.15, 0.2) is 30.5 Å². The molecule has 2 heterocycles. The molecule has 0 amide bonds. The summed E-state index contributed by atoms with van der Waals surface area (Å²) in [5.41, 5.74) is 6.12. The molecule has 1 aromatic carbocycles. The third kappa shape index (κ3) is 2.47. The number of ether oxygens (including phenoxy) is 1. The van der Waals surface area contributed by atoms with E-state index < -0.39 is 17.7 Å². The maximum atomic E-state index is 13.6. The van der Waals surface area contributed by atoms with Crippen LogP contribution >= 0.6 is 0 Å². The third-order valence-corrected chi connectivity index (χ3v) is 2.90. The number of nitrogen functional groups attached to an aromatic ring is 1. The van der Waals surface area contributed by atoms with Gasteiger partial charge in [-0.2, -0.15) is 9.50 Å². The first-order valence-electron chi connectivity index (χ1n) is 6.13. The molecule has 0 bridgehead atoms. The Labute approximate surface area is 118 Å². The molecule has 0 saturated heterocycles. The molecule has 1 atom stereocenters. The van der Waals surface area contributed by atoms with Gasteiger partial charge in [0.2, 0.25) is 5.95 Å². The number of hydrogen-bond donors (Lipinski definition) is 1. The van der Waals surface area contributed by atoms with Gasteiger partial charge in [-0.1, -0.05) is 0 Å². The molecule has 21 heavy (non-hydrogen) atoms. The molecule has 0 spiro atoms. The van der Waals surface area contributed by atoms with E-state index >= 15 is 0 Å². The molecule has 2 N–H and O–H groups in total. The fraction of sp³-hybridized carbons (Fsp3) is 0.154. The zero-order valence-electron chi connectivity index (χ0n) is 11.0. The van der Waals surface area contributed by atoms with E-state index in [9.17, 15) is 8.78 Å². The smallest absolute Gasteiger partial charge is 0.254 e. The molecular weight excluding hydrogens is 280 g/mol. The van der Waals surface area contributed by atoms with E-state index in [0.29, 0.717) is 11.5 Å². The van der Waals surface area contributed by atoms with E-state index in [4.69, 9.17) is 10.5 Å². The zero-order valence-corrected chi connectivity index (χ0v) is 11.0. The van der Waals surface area contributed by atoms with Gasteiger partial charge in [0.15, 0.2) is 11.6 Å². The van der Waals surface area contributed by atoms with Crippen molar-refractivity contribution in [3.8, 4) is 5.75 Å². The quantitative estimate of drug-likeness (QED) is 0.799. The number of hydrogen-bond acceptors (Lipinski definition) is 5. The minimum Gasteiger partial charge on any atom is -0.481 e. The Hall–Kier alpha value is -2.77. The second kappa shape index (κ2) is 4.97. The van der Waals surface area contributed by atoms with Crippen molar-refractivity contribution in [1.29, 1.82) is 0 Å². The van der Waals surface area contributed by atoms with E-state index in [0.717, 1.165) is 12.1 Å². The maximum absolute atomic E-state index is 13.6. The summed E-state index contributed by atoms with van der Waals surface area (Å²) >= 11 is 0. The standard InChI is InChI=1S/C13H11F2N5O/c1-7(21-11-3-2-8(14)6-9(11)15)10-4-5-17-13-18-12(16)19-20(10)13/h2-7H,1H3,(H2,16,19)/t7-/m0/s1. The van der Waals surface area contributed by atoms with Crippen molar-refractivity contribution in [3.05, 3.63) is 47.8 Å². The first-order valence-corrected chi connectivity index (χ1v) is 6.13. The summed E-state index contributed by atoms with van der Waals surface area (Å²) in [6.45, 7) is 1.70. The molecule has 2 aromatic heterocycles. The predicted octanol–water partition coefficient (Wildman–Crippen LogP) is 2.12. The highest BCUT2D eigenvalue weighted by Crippen LogP contribution is 2.24. The monoisotopic (exact) mass is 291 g/mol. The number of fused-ring (bicyclic) bond motifs is 1. The van der Waals surface area contributed by atoms with E-state index in [-0.39, 0.29) is 11.7 Å². The fourth-order valence-electron chi connectivity index (χ4n) is 1.96. The van der Waals surface area contributed by atoms with Gasteiger partial charge in [0.05, 0.1) is 5.69 Å². The molecule has 3 aromatic rings. The van der Waals surface area contributed by atoms with Crippen molar-refractivity contribution in [2.45, 2.75) is 13.0 Å². The van der Waals surface area contributed by atoms with Crippen LogP contribution in [0.2, 0.25) is 0 Å². The summed E-state index contributed by atoms with van der Waals surface area (Å²) in [6.07, 6.45) is 0.969. The van der Waals surface area contributed by atoms with Crippen molar-refractivity contribution >= 4 is 11.7 Å². The second-order valence-corrected chi connectivity index (χ2v) is 4.39. The van der Waals surface area contributed by atoms with Crippen LogP contribution in [-0.4, -0.2) is 19.6 Å². The summed E-state index contributed by atoms with van der Waals surface area (Å²) in [5.74, 6) is -1.09. The summed E-state index contributed by atoms with van der Waals surface area (Å²) < 4.78 is 33.4. The van der Waals surface area contributed by atoms with Crippen LogP contribution in [0.5, 0.6) is 5.75 Å².